The average Bonchev–Trinajstić information content (AvgIpc) is 2.19. The molecule has 0 aromatic heterocycles. The van der Waals surface area contributed by atoms with E-state index in [1.807, 2.05) is 12.1 Å². The summed E-state index contributed by atoms with van der Waals surface area (Å²) in [5.41, 5.74) is 0.939. The van der Waals surface area contributed by atoms with Gasteiger partial charge >= 0.3 is 0 Å². The van der Waals surface area contributed by atoms with Gasteiger partial charge in [0.15, 0.2) is 0 Å². The lowest BCUT2D eigenvalue weighted by Crippen LogP contribution is -2.14. The summed E-state index contributed by atoms with van der Waals surface area (Å²) in [4.78, 5) is 0. The topological polar surface area (TPSA) is 12.0 Å². The van der Waals surface area contributed by atoms with Gasteiger partial charge in [-0.05, 0) is 40.5 Å². The SMILES string of the molecule is C=CCCNCc1cccc(F)c1Br. The summed E-state index contributed by atoms with van der Waals surface area (Å²) < 4.78 is 13.6. The minimum atomic E-state index is -0.215. The second-order valence-electron chi connectivity index (χ2n) is 2.97. The van der Waals surface area contributed by atoms with Gasteiger partial charge in [-0.3, -0.25) is 0 Å². The van der Waals surface area contributed by atoms with E-state index in [0.29, 0.717) is 11.0 Å². The van der Waals surface area contributed by atoms with E-state index in [-0.39, 0.29) is 5.82 Å². The summed E-state index contributed by atoms with van der Waals surface area (Å²) in [5.74, 6) is -0.215. The summed E-state index contributed by atoms with van der Waals surface area (Å²) in [7, 11) is 0. The highest BCUT2D eigenvalue weighted by molar-refractivity contribution is 9.10. The molecule has 0 aliphatic heterocycles. The van der Waals surface area contributed by atoms with Gasteiger partial charge in [0, 0.05) is 6.54 Å². The van der Waals surface area contributed by atoms with Crippen LogP contribution in [0.2, 0.25) is 0 Å². The molecule has 1 aromatic carbocycles. The van der Waals surface area contributed by atoms with Crippen molar-refractivity contribution in [3.05, 3.63) is 46.7 Å². The molecule has 0 heterocycles. The van der Waals surface area contributed by atoms with Crippen LogP contribution in [-0.4, -0.2) is 6.54 Å². The summed E-state index contributed by atoms with van der Waals surface area (Å²) in [6.45, 7) is 5.17. The average molecular weight is 258 g/mol. The van der Waals surface area contributed by atoms with Crippen molar-refractivity contribution >= 4 is 15.9 Å². The first-order valence-corrected chi connectivity index (χ1v) is 5.29. The van der Waals surface area contributed by atoms with Crippen LogP contribution in [0.4, 0.5) is 4.39 Å². The number of rotatable bonds is 5. The Morgan fingerprint density at radius 1 is 1.50 bits per heavy atom. The molecule has 76 valence electrons. The predicted octanol–water partition coefficient (Wildman–Crippen LogP) is 3.25. The largest absolute Gasteiger partial charge is 0.312 e. The second-order valence-corrected chi connectivity index (χ2v) is 3.76. The molecule has 1 aromatic rings. The Balaban J connectivity index is 2.50. The molecule has 1 nitrogen and oxygen atoms in total. The van der Waals surface area contributed by atoms with Crippen LogP contribution in [0, 0.1) is 5.82 Å². The molecule has 0 aliphatic rings. The Labute approximate surface area is 92.1 Å². The van der Waals surface area contributed by atoms with E-state index in [1.54, 1.807) is 6.07 Å². The standard InChI is InChI=1S/C11H13BrFN/c1-2-3-7-14-8-9-5-4-6-10(13)11(9)12/h2,4-6,14H,1,3,7-8H2. The van der Waals surface area contributed by atoms with Crippen molar-refractivity contribution in [2.24, 2.45) is 0 Å². The summed E-state index contributed by atoms with van der Waals surface area (Å²) >= 11 is 3.21. The van der Waals surface area contributed by atoms with Crippen LogP contribution in [0.5, 0.6) is 0 Å². The van der Waals surface area contributed by atoms with Crippen LogP contribution in [0.3, 0.4) is 0 Å². The molecular formula is C11H13BrFN. The Morgan fingerprint density at radius 3 is 3.00 bits per heavy atom. The molecule has 14 heavy (non-hydrogen) atoms. The van der Waals surface area contributed by atoms with E-state index in [2.05, 4.69) is 27.8 Å². The maximum Gasteiger partial charge on any atom is 0.137 e. The predicted molar refractivity (Wildman–Crippen MR) is 60.6 cm³/mol. The summed E-state index contributed by atoms with van der Waals surface area (Å²) in [5, 5.41) is 3.20. The van der Waals surface area contributed by atoms with Crippen molar-refractivity contribution in [2.75, 3.05) is 6.54 Å². The fourth-order valence-electron chi connectivity index (χ4n) is 1.11. The third kappa shape index (κ3) is 3.24. The summed E-state index contributed by atoms with van der Waals surface area (Å²) in [6.07, 6.45) is 2.78. The van der Waals surface area contributed by atoms with Crippen LogP contribution < -0.4 is 5.32 Å². The molecule has 0 radical (unpaired) electrons. The Bertz CT molecular complexity index is 312. The van der Waals surface area contributed by atoms with Crippen molar-refractivity contribution in [2.45, 2.75) is 13.0 Å². The quantitative estimate of drug-likeness (QED) is 0.631. The van der Waals surface area contributed by atoms with Crippen LogP contribution in [0.25, 0.3) is 0 Å². The van der Waals surface area contributed by atoms with Gasteiger partial charge in [0.2, 0.25) is 0 Å². The van der Waals surface area contributed by atoms with Crippen molar-refractivity contribution in [1.29, 1.82) is 0 Å². The molecule has 1 rings (SSSR count). The zero-order chi connectivity index (χ0) is 10.4. The third-order valence-electron chi connectivity index (χ3n) is 1.87. The second kappa shape index (κ2) is 5.94. The molecule has 0 spiro atoms. The first-order valence-electron chi connectivity index (χ1n) is 4.50. The number of nitrogens with one attached hydrogen (secondary N) is 1. The third-order valence-corrected chi connectivity index (χ3v) is 2.76. The molecule has 0 bridgehead atoms. The van der Waals surface area contributed by atoms with Crippen molar-refractivity contribution < 1.29 is 4.39 Å². The highest BCUT2D eigenvalue weighted by atomic mass is 79.9. The minimum Gasteiger partial charge on any atom is -0.312 e. The maximum atomic E-state index is 13.1. The van der Waals surface area contributed by atoms with Gasteiger partial charge in [0.25, 0.3) is 0 Å². The fourth-order valence-corrected chi connectivity index (χ4v) is 1.52. The van der Waals surface area contributed by atoms with Gasteiger partial charge in [-0.1, -0.05) is 18.2 Å². The van der Waals surface area contributed by atoms with Gasteiger partial charge in [-0.2, -0.15) is 0 Å². The van der Waals surface area contributed by atoms with E-state index in [1.165, 1.54) is 6.07 Å². The molecule has 0 saturated heterocycles. The number of benzene rings is 1. The number of halogens is 2. The zero-order valence-corrected chi connectivity index (χ0v) is 9.48. The Hall–Kier alpha value is -0.670. The first kappa shape index (κ1) is 11.4. The lowest BCUT2D eigenvalue weighted by molar-refractivity contribution is 0.612. The van der Waals surface area contributed by atoms with Crippen molar-refractivity contribution in [3.63, 3.8) is 0 Å². The molecule has 0 fully saturated rings. The van der Waals surface area contributed by atoms with E-state index in [0.717, 1.165) is 18.5 Å². The van der Waals surface area contributed by atoms with Crippen LogP contribution in [0.1, 0.15) is 12.0 Å². The van der Waals surface area contributed by atoms with Crippen LogP contribution in [-0.2, 0) is 6.54 Å². The number of hydrogen-bond acceptors (Lipinski definition) is 1. The molecule has 1 N–H and O–H groups in total. The molecule has 3 heteroatoms. The first-order chi connectivity index (χ1) is 6.75. The van der Waals surface area contributed by atoms with Gasteiger partial charge in [-0.15, -0.1) is 6.58 Å². The Kier molecular flexibility index (Phi) is 4.84. The molecule has 0 unspecified atom stereocenters. The van der Waals surface area contributed by atoms with E-state index in [4.69, 9.17) is 0 Å². The molecule has 0 atom stereocenters. The Morgan fingerprint density at radius 2 is 2.29 bits per heavy atom. The van der Waals surface area contributed by atoms with Crippen molar-refractivity contribution in [1.82, 2.24) is 5.32 Å². The normalized spacial score (nSPS) is 10.1. The lowest BCUT2D eigenvalue weighted by atomic mass is 10.2. The van der Waals surface area contributed by atoms with E-state index < -0.39 is 0 Å². The van der Waals surface area contributed by atoms with E-state index in [9.17, 15) is 4.39 Å². The molecule has 0 aliphatic carbocycles. The van der Waals surface area contributed by atoms with Crippen LogP contribution >= 0.6 is 15.9 Å². The molecule has 0 amide bonds. The number of hydrogen-bond donors (Lipinski definition) is 1. The monoisotopic (exact) mass is 257 g/mol. The van der Waals surface area contributed by atoms with Gasteiger partial charge in [0.1, 0.15) is 5.82 Å². The summed E-state index contributed by atoms with van der Waals surface area (Å²) in [6, 6.07) is 5.05. The van der Waals surface area contributed by atoms with Gasteiger partial charge in [0.05, 0.1) is 4.47 Å². The van der Waals surface area contributed by atoms with Crippen molar-refractivity contribution in [3.8, 4) is 0 Å². The van der Waals surface area contributed by atoms with E-state index >= 15 is 0 Å². The minimum absolute atomic E-state index is 0.215. The van der Waals surface area contributed by atoms with Crippen LogP contribution in [0.15, 0.2) is 35.3 Å². The van der Waals surface area contributed by atoms with Gasteiger partial charge in [-0.25, -0.2) is 4.39 Å². The highest BCUT2D eigenvalue weighted by Crippen LogP contribution is 2.19. The molecule has 0 saturated carbocycles. The lowest BCUT2D eigenvalue weighted by Gasteiger charge is -2.06. The maximum absolute atomic E-state index is 13.1. The molecular weight excluding hydrogens is 245 g/mol. The van der Waals surface area contributed by atoms with Gasteiger partial charge < -0.3 is 5.32 Å². The zero-order valence-electron chi connectivity index (χ0n) is 7.89. The highest BCUT2D eigenvalue weighted by Gasteiger charge is 2.03. The smallest absolute Gasteiger partial charge is 0.137 e. The fraction of sp³-hybridized carbons (Fsp3) is 0.273.